The Hall–Kier alpha value is -1.83. The molecule has 0 spiro atoms. The van der Waals surface area contributed by atoms with Crippen LogP contribution in [0.3, 0.4) is 0 Å². The van der Waals surface area contributed by atoms with E-state index >= 15 is 0 Å². The number of carbonyl (C=O) groups is 1. The van der Waals surface area contributed by atoms with Gasteiger partial charge in [-0.25, -0.2) is 0 Å². The molecule has 0 bridgehead atoms. The van der Waals surface area contributed by atoms with Crippen LogP contribution in [-0.2, 0) is 6.42 Å². The van der Waals surface area contributed by atoms with Crippen molar-refractivity contribution in [3.05, 3.63) is 60.4 Å². The minimum atomic E-state index is 0.128. The second-order valence-electron chi connectivity index (χ2n) is 4.09. The minimum Gasteiger partial charge on any atom is -0.286 e. The van der Waals surface area contributed by atoms with E-state index in [4.69, 9.17) is 0 Å². The summed E-state index contributed by atoms with van der Waals surface area (Å²) in [6.45, 7) is 0. The highest BCUT2D eigenvalue weighted by atomic mass is 16.1. The van der Waals surface area contributed by atoms with E-state index in [1.807, 2.05) is 12.1 Å². The van der Waals surface area contributed by atoms with E-state index in [-0.39, 0.29) is 5.91 Å². The van der Waals surface area contributed by atoms with Crippen molar-refractivity contribution in [2.75, 3.05) is 0 Å². The van der Waals surface area contributed by atoms with Crippen LogP contribution in [0.1, 0.15) is 29.6 Å². The van der Waals surface area contributed by atoms with Crippen LogP contribution in [0.25, 0.3) is 0 Å². The van der Waals surface area contributed by atoms with E-state index in [1.54, 1.807) is 12.3 Å². The van der Waals surface area contributed by atoms with Gasteiger partial charge in [0.2, 0.25) is 5.91 Å². The van der Waals surface area contributed by atoms with Gasteiger partial charge in [0.1, 0.15) is 0 Å². The molecule has 2 nitrogen and oxygen atoms in total. The molecule has 1 heterocycles. The van der Waals surface area contributed by atoms with Crippen molar-refractivity contribution < 1.29 is 4.79 Å². The molecule has 0 amide bonds. The Morgan fingerprint density at radius 2 is 1.94 bits per heavy atom. The van der Waals surface area contributed by atoms with Crippen LogP contribution in [-0.4, -0.2) is 10.5 Å². The molecule has 0 N–H and O–H groups in total. The summed E-state index contributed by atoms with van der Waals surface area (Å²) in [6.07, 6.45) is 8.24. The lowest BCUT2D eigenvalue weighted by molar-refractivity contribution is 0.0898. The van der Waals surface area contributed by atoms with Crippen LogP contribution in [0.15, 0.2) is 48.7 Å². The van der Waals surface area contributed by atoms with Gasteiger partial charge in [0.05, 0.1) is 6.20 Å². The lowest BCUT2D eigenvalue weighted by Gasteiger charge is -2.02. The fourth-order valence-corrected chi connectivity index (χ4v) is 1.82. The number of hydrogen-bond acceptors (Lipinski definition) is 1. The zero-order chi connectivity index (χ0) is 11.9. The highest BCUT2D eigenvalue weighted by Crippen LogP contribution is 2.07. The number of benzene rings is 1. The Kier molecular flexibility index (Phi) is 4.14. The molecule has 0 aliphatic rings. The van der Waals surface area contributed by atoms with Crippen molar-refractivity contribution in [3.63, 3.8) is 0 Å². The normalized spacial score (nSPS) is 10.4. The van der Waals surface area contributed by atoms with E-state index in [1.165, 1.54) is 10.1 Å². The molecular formula is C15H16NO. The van der Waals surface area contributed by atoms with E-state index in [2.05, 4.69) is 30.5 Å². The van der Waals surface area contributed by atoms with Crippen molar-refractivity contribution in [2.45, 2.75) is 25.7 Å². The van der Waals surface area contributed by atoms with Crippen LogP contribution >= 0.6 is 0 Å². The molecule has 0 saturated carbocycles. The van der Waals surface area contributed by atoms with Crippen LogP contribution in [0, 0.1) is 6.20 Å². The summed E-state index contributed by atoms with van der Waals surface area (Å²) in [5, 5.41) is 0. The molecule has 0 atom stereocenters. The number of nitrogens with zero attached hydrogens (tertiary/aromatic N) is 1. The molecule has 0 aliphatic heterocycles. The third-order valence-electron chi connectivity index (χ3n) is 2.76. The molecule has 0 fully saturated rings. The van der Waals surface area contributed by atoms with Crippen molar-refractivity contribution >= 4 is 5.91 Å². The molecular weight excluding hydrogens is 210 g/mol. The Morgan fingerprint density at radius 1 is 1.12 bits per heavy atom. The van der Waals surface area contributed by atoms with Gasteiger partial charge < -0.3 is 0 Å². The standard InChI is InChI=1S/C15H16NO/c17-15(16-12-6-7-13-16)11-5-4-10-14-8-2-1-3-9-14/h1-3,6-9,12H,4-5,10-11H2. The SMILES string of the molecule is O=C(CCCCc1ccccc1)n1[c]ccc1. The van der Waals surface area contributed by atoms with Gasteiger partial charge in [0.25, 0.3) is 0 Å². The second-order valence-corrected chi connectivity index (χ2v) is 4.09. The lowest BCUT2D eigenvalue weighted by Crippen LogP contribution is -2.07. The molecule has 2 aromatic rings. The Bertz CT molecular complexity index is 445. The summed E-state index contributed by atoms with van der Waals surface area (Å²) in [7, 11) is 0. The Labute approximate surface area is 102 Å². The largest absolute Gasteiger partial charge is 0.286 e. The van der Waals surface area contributed by atoms with Gasteiger partial charge in [0, 0.05) is 12.6 Å². The van der Waals surface area contributed by atoms with Gasteiger partial charge in [-0.15, -0.1) is 0 Å². The summed E-state index contributed by atoms with van der Waals surface area (Å²) in [5.41, 5.74) is 1.34. The van der Waals surface area contributed by atoms with Crippen molar-refractivity contribution in [2.24, 2.45) is 0 Å². The Balaban J connectivity index is 1.69. The zero-order valence-electron chi connectivity index (χ0n) is 9.80. The number of rotatable bonds is 5. The average molecular weight is 226 g/mol. The van der Waals surface area contributed by atoms with Gasteiger partial charge in [-0.1, -0.05) is 30.3 Å². The van der Waals surface area contributed by atoms with E-state index in [0.29, 0.717) is 6.42 Å². The van der Waals surface area contributed by atoms with Crippen LogP contribution in [0.5, 0.6) is 0 Å². The maximum absolute atomic E-state index is 11.6. The quantitative estimate of drug-likeness (QED) is 0.717. The maximum atomic E-state index is 11.6. The Morgan fingerprint density at radius 3 is 2.65 bits per heavy atom. The summed E-state index contributed by atoms with van der Waals surface area (Å²) in [6, 6.07) is 14.0. The van der Waals surface area contributed by atoms with E-state index in [9.17, 15) is 4.79 Å². The summed E-state index contributed by atoms with van der Waals surface area (Å²) >= 11 is 0. The fraction of sp³-hybridized carbons (Fsp3) is 0.267. The zero-order valence-corrected chi connectivity index (χ0v) is 9.80. The van der Waals surface area contributed by atoms with Gasteiger partial charge in [-0.2, -0.15) is 0 Å². The first kappa shape index (κ1) is 11.6. The molecule has 2 rings (SSSR count). The summed E-state index contributed by atoms with van der Waals surface area (Å²) in [5.74, 6) is 0.128. The fourth-order valence-electron chi connectivity index (χ4n) is 1.82. The smallest absolute Gasteiger partial charge is 0.231 e. The first-order valence-electron chi connectivity index (χ1n) is 5.98. The maximum Gasteiger partial charge on any atom is 0.231 e. The highest BCUT2D eigenvalue weighted by Gasteiger charge is 2.02. The van der Waals surface area contributed by atoms with Crippen molar-refractivity contribution in [3.8, 4) is 0 Å². The lowest BCUT2D eigenvalue weighted by atomic mass is 10.1. The van der Waals surface area contributed by atoms with Crippen molar-refractivity contribution in [1.82, 2.24) is 4.57 Å². The predicted octanol–water partition coefficient (Wildman–Crippen LogP) is 3.34. The van der Waals surface area contributed by atoms with Gasteiger partial charge in [-0.05, 0) is 37.0 Å². The molecule has 1 aromatic carbocycles. The van der Waals surface area contributed by atoms with E-state index in [0.717, 1.165) is 19.3 Å². The monoisotopic (exact) mass is 226 g/mol. The van der Waals surface area contributed by atoms with Crippen LogP contribution in [0.4, 0.5) is 0 Å². The van der Waals surface area contributed by atoms with Crippen LogP contribution < -0.4 is 0 Å². The van der Waals surface area contributed by atoms with Gasteiger partial charge in [-0.3, -0.25) is 9.36 Å². The van der Waals surface area contributed by atoms with Gasteiger partial charge >= 0.3 is 0 Å². The number of carbonyl (C=O) groups excluding carboxylic acids is 1. The second kappa shape index (κ2) is 6.04. The summed E-state index contributed by atoms with van der Waals surface area (Å²) < 4.78 is 1.53. The molecule has 17 heavy (non-hydrogen) atoms. The number of hydrogen-bond donors (Lipinski definition) is 0. The molecule has 0 aliphatic carbocycles. The minimum absolute atomic E-state index is 0.128. The first-order valence-corrected chi connectivity index (χ1v) is 5.98. The number of aromatic nitrogens is 1. The van der Waals surface area contributed by atoms with Gasteiger partial charge in [0.15, 0.2) is 0 Å². The third-order valence-corrected chi connectivity index (χ3v) is 2.76. The number of aryl methyl sites for hydroxylation is 1. The molecule has 2 heteroatoms. The van der Waals surface area contributed by atoms with Crippen molar-refractivity contribution in [1.29, 1.82) is 0 Å². The topological polar surface area (TPSA) is 22.0 Å². The molecule has 87 valence electrons. The average Bonchev–Trinajstić information content (AvgIpc) is 2.89. The molecule has 0 saturated heterocycles. The highest BCUT2D eigenvalue weighted by molar-refractivity contribution is 5.78. The number of unbranched alkanes of at least 4 members (excludes halogenated alkanes) is 1. The molecule has 1 aromatic heterocycles. The molecule has 1 radical (unpaired) electrons. The summed E-state index contributed by atoms with van der Waals surface area (Å²) in [4.78, 5) is 11.6. The molecule has 0 unspecified atom stereocenters. The first-order chi connectivity index (χ1) is 8.36. The third kappa shape index (κ3) is 3.59. The van der Waals surface area contributed by atoms with E-state index < -0.39 is 0 Å². The van der Waals surface area contributed by atoms with Crippen LogP contribution in [0.2, 0.25) is 0 Å². The predicted molar refractivity (Wildman–Crippen MR) is 67.9 cm³/mol.